The summed E-state index contributed by atoms with van der Waals surface area (Å²) >= 11 is 1.43. The Balaban J connectivity index is 1.33. The van der Waals surface area contributed by atoms with Gasteiger partial charge in [0.25, 0.3) is 0 Å². The summed E-state index contributed by atoms with van der Waals surface area (Å²) in [5.41, 5.74) is 6.12. The van der Waals surface area contributed by atoms with Crippen LogP contribution in [-0.2, 0) is 36.7 Å². The molecular formula is C19H19N5O2S2. The zero-order valence-electron chi connectivity index (χ0n) is 15.1. The van der Waals surface area contributed by atoms with Gasteiger partial charge in [-0.25, -0.2) is 18.7 Å². The number of nitrogens with one attached hydrogen (secondary N) is 2. The Morgan fingerprint density at radius 2 is 1.89 bits per heavy atom. The van der Waals surface area contributed by atoms with Crippen LogP contribution < -0.4 is 10.0 Å². The summed E-state index contributed by atoms with van der Waals surface area (Å²) in [6, 6.07) is 3.48. The lowest BCUT2D eigenvalue weighted by Gasteiger charge is -2.16. The van der Waals surface area contributed by atoms with Crippen LogP contribution in [0.2, 0.25) is 0 Å². The molecule has 0 saturated heterocycles. The number of benzene rings is 1. The fourth-order valence-electron chi connectivity index (χ4n) is 4.08. The molecule has 1 atom stereocenters. The number of aromatic nitrogens is 3. The highest BCUT2D eigenvalue weighted by Gasteiger charge is 2.25. The maximum atomic E-state index is 12.6. The predicted octanol–water partition coefficient (Wildman–Crippen LogP) is 3.15. The molecule has 5 rings (SSSR count). The molecule has 1 aromatic carbocycles. The minimum atomic E-state index is -1.74. The summed E-state index contributed by atoms with van der Waals surface area (Å²) in [6.07, 6.45) is 9.71. The number of urea groups is 1. The van der Waals surface area contributed by atoms with Gasteiger partial charge in [0.15, 0.2) is 16.0 Å². The number of amides is 2. The first-order valence-corrected chi connectivity index (χ1v) is 11.3. The Morgan fingerprint density at radius 3 is 2.57 bits per heavy atom. The van der Waals surface area contributed by atoms with Gasteiger partial charge < -0.3 is 5.32 Å². The van der Waals surface area contributed by atoms with Crippen LogP contribution in [0.15, 0.2) is 34.9 Å². The van der Waals surface area contributed by atoms with E-state index in [0.29, 0.717) is 5.13 Å². The first-order chi connectivity index (χ1) is 13.7. The van der Waals surface area contributed by atoms with E-state index in [-0.39, 0.29) is 5.03 Å². The summed E-state index contributed by atoms with van der Waals surface area (Å²) in [4.78, 5) is 16.7. The molecule has 0 fully saturated rings. The molecule has 7 nitrogen and oxygen atoms in total. The van der Waals surface area contributed by atoms with E-state index in [0.717, 1.165) is 44.2 Å². The van der Waals surface area contributed by atoms with Gasteiger partial charge in [-0.05, 0) is 66.8 Å². The van der Waals surface area contributed by atoms with Crippen molar-refractivity contribution in [3.05, 3.63) is 52.2 Å². The molecule has 0 radical (unpaired) electrons. The highest BCUT2D eigenvalue weighted by molar-refractivity contribution is 7.83. The minimum absolute atomic E-state index is 0.286. The number of fused-ring (bicyclic) bond motifs is 2. The average Bonchev–Trinajstić information content (AvgIpc) is 3.46. The molecule has 2 aliphatic carbocycles. The maximum Gasteiger partial charge on any atom is 0.331 e. The van der Waals surface area contributed by atoms with Gasteiger partial charge in [-0.3, -0.25) is 4.72 Å². The summed E-state index contributed by atoms with van der Waals surface area (Å²) in [6.45, 7) is 0. The van der Waals surface area contributed by atoms with E-state index in [4.69, 9.17) is 0 Å². The van der Waals surface area contributed by atoms with E-state index >= 15 is 0 Å². The van der Waals surface area contributed by atoms with Crippen LogP contribution in [0.25, 0.3) is 5.13 Å². The second kappa shape index (κ2) is 7.14. The van der Waals surface area contributed by atoms with Gasteiger partial charge >= 0.3 is 6.03 Å². The molecule has 2 amide bonds. The Morgan fingerprint density at radius 1 is 1.14 bits per heavy atom. The number of nitrogens with zero attached hydrogens (tertiary/aromatic N) is 3. The standard InChI is InChI=1S/C19H19N5O2S2/c25-18(23-28(26)16-7-9-24(22-16)19-20-8-10-27-19)21-17-14-5-1-3-12(14)11-13-4-2-6-15(13)17/h7-11H,1-6H2,(H2,21,23,25). The Bertz CT molecular complexity index is 1040. The van der Waals surface area contributed by atoms with Crippen molar-refractivity contribution < 1.29 is 9.00 Å². The van der Waals surface area contributed by atoms with Crippen molar-refractivity contribution in [2.75, 3.05) is 5.32 Å². The zero-order valence-corrected chi connectivity index (χ0v) is 16.7. The number of rotatable bonds is 4. The molecule has 0 saturated carbocycles. The third-order valence-electron chi connectivity index (χ3n) is 5.27. The maximum absolute atomic E-state index is 12.6. The molecule has 0 bridgehead atoms. The van der Waals surface area contributed by atoms with Crippen LogP contribution >= 0.6 is 11.3 Å². The molecule has 2 aliphatic rings. The number of hydrogen-bond donors (Lipinski definition) is 2. The zero-order chi connectivity index (χ0) is 19.1. The number of anilines is 1. The minimum Gasteiger partial charge on any atom is -0.307 e. The predicted molar refractivity (Wildman–Crippen MR) is 108 cm³/mol. The Labute approximate surface area is 168 Å². The molecule has 28 heavy (non-hydrogen) atoms. The van der Waals surface area contributed by atoms with Crippen molar-refractivity contribution in [3.63, 3.8) is 0 Å². The van der Waals surface area contributed by atoms with E-state index in [1.165, 1.54) is 33.6 Å². The lowest BCUT2D eigenvalue weighted by atomic mass is 9.99. The third-order valence-corrected chi connectivity index (χ3v) is 7.00. The van der Waals surface area contributed by atoms with Crippen molar-refractivity contribution in [1.29, 1.82) is 0 Å². The van der Waals surface area contributed by atoms with Crippen LogP contribution in [0, 0.1) is 0 Å². The SMILES string of the molecule is O=C(Nc1c2c(cc3c1CCC3)CCC2)NS(=O)c1ccn(-c2nccs2)n1. The smallest absolute Gasteiger partial charge is 0.307 e. The van der Waals surface area contributed by atoms with Crippen LogP contribution in [-0.4, -0.2) is 25.0 Å². The number of carbonyl (C=O) groups excluding carboxylic acids is 1. The van der Waals surface area contributed by atoms with Gasteiger partial charge in [0.05, 0.1) is 0 Å². The molecule has 2 N–H and O–H groups in total. The molecule has 0 aliphatic heterocycles. The van der Waals surface area contributed by atoms with Crippen molar-refractivity contribution in [2.24, 2.45) is 0 Å². The summed E-state index contributed by atoms with van der Waals surface area (Å²) in [7, 11) is -1.74. The lowest BCUT2D eigenvalue weighted by molar-refractivity contribution is 0.257. The van der Waals surface area contributed by atoms with Crippen LogP contribution in [0.3, 0.4) is 0 Å². The first-order valence-electron chi connectivity index (χ1n) is 9.30. The second-order valence-corrected chi connectivity index (χ2v) is 9.01. The first kappa shape index (κ1) is 17.6. The third kappa shape index (κ3) is 3.14. The van der Waals surface area contributed by atoms with E-state index in [1.54, 1.807) is 23.1 Å². The quantitative estimate of drug-likeness (QED) is 0.688. The normalized spacial score (nSPS) is 15.9. The number of aryl methyl sites for hydroxylation is 2. The van der Waals surface area contributed by atoms with Crippen LogP contribution in [0.5, 0.6) is 0 Å². The second-order valence-electron chi connectivity index (χ2n) is 6.97. The topological polar surface area (TPSA) is 88.9 Å². The number of carbonyl (C=O) groups is 1. The van der Waals surface area contributed by atoms with Gasteiger partial charge in [0.1, 0.15) is 0 Å². The van der Waals surface area contributed by atoms with E-state index in [9.17, 15) is 9.00 Å². The Kier molecular flexibility index (Phi) is 4.48. The van der Waals surface area contributed by atoms with Gasteiger partial charge in [0, 0.05) is 23.5 Å². The molecule has 0 spiro atoms. The molecule has 2 aromatic heterocycles. The molecule has 2 heterocycles. The molecule has 1 unspecified atom stereocenters. The lowest BCUT2D eigenvalue weighted by Crippen LogP contribution is -2.31. The van der Waals surface area contributed by atoms with Crippen molar-refractivity contribution in [2.45, 2.75) is 43.6 Å². The van der Waals surface area contributed by atoms with Gasteiger partial charge in [-0.1, -0.05) is 6.07 Å². The molecule has 9 heteroatoms. The van der Waals surface area contributed by atoms with Crippen LogP contribution in [0.4, 0.5) is 10.5 Å². The monoisotopic (exact) mass is 413 g/mol. The molecule has 144 valence electrons. The van der Waals surface area contributed by atoms with E-state index < -0.39 is 17.0 Å². The number of hydrogen-bond acceptors (Lipinski definition) is 5. The highest BCUT2D eigenvalue weighted by Crippen LogP contribution is 2.38. The van der Waals surface area contributed by atoms with Crippen molar-refractivity contribution in [3.8, 4) is 5.13 Å². The van der Waals surface area contributed by atoms with Crippen molar-refractivity contribution in [1.82, 2.24) is 19.5 Å². The van der Waals surface area contributed by atoms with Gasteiger partial charge in [0.2, 0.25) is 5.13 Å². The van der Waals surface area contributed by atoms with E-state index in [2.05, 4.69) is 26.2 Å². The molecule has 3 aromatic rings. The summed E-state index contributed by atoms with van der Waals surface area (Å²) < 4.78 is 16.6. The Hall–Kier alpha value is -2.52. The highest BCUT2D eigenvalue weighted by atomic mass is 32.2. The largest absolute Gasteiger partial charge is 0.331 e. The fourth-order valence-corrected chi connectivity index (χ4v) is 5.33. The van der Waals surface area contributed by atoms with Gasteiger partial charge in [-0.2, -0.15) is 5.10 Å². The molecular weight excluding hydrogens is 394 g/mol. The van der Waals surface area contributed by atoms with Crippen molar-refractivity contribution >= 4 is 34.0 Å². The van der Waals surface area contributed by atoms with E-state index in [1.807, 2.05) is 5.38 Å². The summed E-state index contributed by atoms with van der Waals surface area (Å²) in [5.74, 6) is 0. The number of thiazole rings is 1. The summed E-state index contributed by atoms with van der Waals surface area (Å²) in [5, 5.41) is 10.1. The van der Waals surface area contributed by atoms with Crippen LogP contribution in [0.1, 0.15) is 35.1 Å². The fraction of sp³-hybridized carbons (Fsp3) is 0.316. The van der Waals surface area contributed by atoms with Gasteiger partial charge in [-0.15, -0.1) is 11.3 Å². The average molecular weight is 414 g/mol.